The lowest BCUT2D eigenvalue weighted by Crippen LogP contribution is -2.74. The van der Waals surface area contributed by atoms with Gasteiger partial charge >= 0.3 is 18.0 Å². The molecule has 45 heavy (non-hydrogen) atoms. The molecule has 3 rings (SSSR count). The third-order valence-electron chi connectivity index (χ3n) is 5.83. The van der Waals surface area contributed by atoms with Crippen molar-refractivity contribution in [2.45, 2.75) is 83.6 Å². The molecule has 0 bridgehead atoms. The summed E-state index contributed by atoms with van der Waals surface area (Å²) in [5.74, 6) is -3.59. The number of alkyl halides is 1. The molecule has 1 aromatic rings. The Balaban J connectivity index is 1.91. The van der Waals surface area contributed by atoms with Crippen molar-refractivity contribution in [2.24, 2.45) is 5.16 Å². The van der Waals surface area contributed by atoms with E-state index in [1.165, 1.54) is 5.38 Å². The molecule has 3 heterocycles. The summed E-state index contributed by atoms with van der Waals surface area (Å²) in [6.45, 7) is 11.7. The number of carbonyl (C=O) groups excluding carboxylic acids is 5. The van der Waals surface area contributed by atoms with E-state index in [1.807, 2.05) is 0 Å². The van der Waals surface area contributed by atoms with Crippen LogP contribution in [-0.2, 0) is 48.8 Å². The fourth-order valence-corrected chi connectivity index (χ4v) is 6.82. The number of thiazole rings is 1. The number of nitrogens with one attached hydrogen (secondary N) is 2. The number of ether oxygens (including phenoxy) is 2. The molecular weight excluding hydrogens is 673 g/mol. The van der Waals surface area contributed by atoms with Crippen molar-refractivity contribution in [3.05, 3.63) is 22.3 Å². The van der Waals surface area contributed by atoms with Gasteiger partial charge in [-0.2, -0.15) is 0 Å². The first kappa shape index (κ1) is 36.3. The summed E-state index contributed by atoms with van der Waals surface area (Å²) < 4.78 is 28.3. The van der Waals surface area contributed by atoms with E-state index >= 15 is 0 Å². The van der Waals surface area contributed by atoms with Crippen molar-refractivity contribution >= 4 is 83.9 Å². The van der Waals surface area contributed by atoms with Crippen molar-refractivity contribution in [1.82, 2.24) is 15.2 Å². The van der Waals surface area contributed by atoms with Crippen molar-refractivity contribution in [1.29, 1.82) is 0 Å². The second kappa shape index (κ2) is 14.5. The molecule has 2 aliphatic rings. The highest BCUT2D eigenvalue weighted by Crippen LogP contribution is 2.36. The normalized spacial score (nSPS) is 20.8. The predicted octanol–water partition coefficient (Wildman–Crippen LogP) is 2.57. The smallest absolute Gasteiger partial charge is 0.413 e. The lowest BCUT2D eigenvalue weighted by molar-refractivity contribution is -0.169. The molecule has 0 aromatic carbocycles. The number of aromatic nitrogens is 1. The Morgan fingerprint density at radius 3 is 2.40 bits per heavy atom. The quantitative estimate of drug-likeness (QED) is 0.0907. The topological polar surface area (TPSA) is 192 Å². The lowest BCUT2D eigenvalue weighted by atomic mass is 10.0. The summed E-state index contributed by atoms with van der Waals surface area (Å²) in [6.07, 6.45) is -1.85. The van der Waals surface area contributed by atoms with Crippen LogP contribution in [-0.4, -0.2) is 90.0 Å². The number of fused-ring (bicyclic) bond motifs is 1. The largest absolute Gasteiger partial charge is 0.457 e. The van der Waals surface area contributed by atoms with Gasteiger partial charge in [-0.1, -0.05) is 12.1 Å². The average Bonchev–Trinajstić information content (AvgIpc) is 3.38. The second-order valence-electron chi connectivity index (χ2n) is 11.7. The predicted molar refractivity (Wildman–Crippen MR) is 169 cm³/mol. The molecule has 2 N–H and O–H groups in total. The SMILES string of the molecule is CC[C@H](O/N=C(\C(=O)N[C@@H]1C(=O)N2C(C(=O)OP)=C(CCl)CS(=O)[C@H]12)c1csc(NC(=O)OC(C)(C)C)n1)C(=O)OC(C)(C)C. The number of oxime groups is 1. The van der Waals surface area contributed by atoms with Gasteiger partial charge in [0.25, 0.3) is 11.8 Å². The first-order valence-electron chi connectivity index (χ1n) is 13.5. The summed E-state index contributed by atoms with van der Waals surface area (Å²) in [5, 5.41) is 9.20. The van der Waals surface area contributed by atoms with Crippen molar-refractivity contribution in [3.63, 3.8) is 0 Å². The fraction of sp³-hybridized carbons (Fsp3) is 0.577. The molecule has 1 saturated heterocycles. The van der Waals surface area contributed by atoms with Crippen LogP contribution in [0.2, 0.25) is 0 Å². The molecule has 1 fully saturated rings. The minimum Gasteiger partial charge on any atom is -0.457 e. The Morgan fingerprint density at radius 1 is 1.20 bits per heavy atom. The van der Waals surface area contributed by atoms with E-state index in [2.05, 4.69) is 20.8 Å². The zero-order chi connectivity index (χ0) is 33.9. The van der Waals surface area contributed by atoms with Gasteiger partial charge in [-0.25, -0.2) is 19.4 Å². The van der Waals surface area contributed by atoms with Gasteiger partial charge in [0.15, 0.2) is 10.8 Å². The number of amides is 3. The zero-order valence-corrected chi connectivity index (χ0v) is 29.2. The van der Waals surface area contributed by atoms with E-state index in [4.69, 9.17) is 30.4 Å². The number of esters is 1. The number of hydrogen-bond donors (Lipinski definition) is 2. The van der Waals surface area contributed by atoms with Crippen LogP contribution in [0.5, 0.6) is 0 Å². The van der Waals surface area contributed by atoms with Crippen LogP contribution in [0.25, 0.3) is 0 Å². The summed E-state index contributed by atoms with van der Waals surface area (Å²) in [5.41, 5.74) is -2.02. The van der Waals surface area contributed by atoms with Gasteiger partial charge in [-0.3, -0.25) is 24.0 Å². The van der Waals surface area contributed by atoms with Gasteiger partial charge < -0.3 is 24.2 Å². The van der Waals surface area contributed by atoms with Crippen molar-refractivity contribution < 1.29 is 47.0 Å². The first-order chi connectivity index (χ1) is 20.9. The van der Waals surface area contributed by atoms with Crippen molar-refractivity contribution in [3.8, 4) is 0 Å². The lowest BCUT2D eigenvalue weighted by Gasteiger charge is -2.49. The molecule has 0 spiro atoms. The highest BCUT2D eigenvalue weighted by molar-refractivity contribution is 7.86. The van der Waals surface area contributed by atoms with Crippen LogP contribution in [0.3, 0.4) is 0 Å². The van der Waals surface area contributed by atoms with E-state index in [0.717, 1.165) is 16.2 Å². The van der Waals surface area contributed by atoms with E-state index in [0.29, 0.717) is 0 Å². The molecule has 248 valence electrons. The number of rotatable bonds is 10. The first-order valence-corrected chi connectivity index (χ1v) is 16.8. The number of anilines is 1. The summed E-state index contributed by atoms with van der Waals surface area (Å²) in [7, 11) is 0.0462. The number of nitrogens with zero attached hydrogens (tertiary/aromatic N) is 3. The number of β-lactam (4-membered cyclic amide) rings is 1. The number of hydrogen-bond acceptors (Lipinski definition) is 13. The molecule has 1 aromatic heterocycles. The number of halogens is 1. The minimum absolute atomic E-state index is 0.0533. The standard InChI is InChI=1S/C26H35ClN5O10PS2/c1-8-14(21(35)39-25(2,3)4)41-31-15(13-10-44-23(28-13)30-24(37)40-26(5,6)7)18(33)29-16-19(34)32-17(22(36)42-43)12(9-27)11-45(38)20(16)32/h10,14,16,20H,8-9,11,43H2,1-7H3,(H,29,33)(H,28,30,37)/b31-15-/t14-,16+,20+,45?/m0/s1. The van der Waals surface area contributed by atoms with Gasteiger partial charge in [-0.15, -0.1) is 22.9 Å². The van der Waals surface area contributed by atoms with Crippen LogP contribution in [0, 0.1) is 0 Å². The Morgan fingerprint density at radius 2 is 1.84 bits per heavy atom. The molecule has 0 aliphatic carbocycles. The maximum atomic E-state index is 13.6. The van der Waals surface area contributed by atoms with Gasteiger partial charge in [0.05, 0.1) is 26.0 Å². The number of carbonyl (C=O) groups is 5. The van der Waals surface area contributed by atoms with E-state index in [9.17, 15) is 28.2 Å². The van der Waals surface area contributed by atoms with E-state index in [-0.39, 0.29) is 40.1 Å². The maximum Gasteiger partial charge on any atom is 0.413 e. The van der Waals surface area contributed by atoms with Crippen molar-refractivity contribution in [2.75, 3.05) is 16.9 Å². The fourth-order valence-electron chi connectivity index (χ4n) is 4.01. The molecule has 15 nitrogen and oxygen atoms in total. The highest BCUT2D eigenvalue weighted by Gasteiger charge is 2.57. The Hall–Kier alpha value is -3.14. The van der Waals surface area contributed by atoms with Crippen LogP contribution in [0.15, 0.2) is 21.8 Å². The van der Waals surface area contributed by atoms with E-state index < -0.39 is 75.1 Å². The van der Waals surface area contributed by atoms with Crippen LogP contribution in [0.1, 0.15) is 60.6 Å². The summed E-state index contributed by atoms with van der Waals surface area (Å²) in [6, 6.07) is -1.32. The molecule has 3 amide bonds. The van der Waals surface area contributed by atoms with Gasteiger partial charge in [0.2, 0.25) is 6.10 Å². The molecule has 2 unspecified atom stereocenters. The Kier molecular flexibility index (Phi) is 11.7. The third-order valence-corrected chi connectivity index (χ3v) is 8.78. The van der Waals surface area contributed by atoms with E-state index in [1.54, 1.807) is 57.9 Å². The average molecular weight is 708 g/mol. The molecule has 19 heteroatoms. The summed E-state index contributed by atoms with van der Waals surface area (Å²) >= 11 is 6.88. The molecular formula is C26H35ClN5O10PS2. The summed E-state index contributed by atoms with van der Waals surface area (Å²) in [4.78, 5) is 74.7. The second-order valence-corrected chi connectivity index (χ2v) is 14.6. The Bertz CT molecular complexity index is 1450. The molecule has 2 aliphatic heterocycles. The van der Waals surface area contributed by atoms with Crippen LogP contribution < -0.4 is 10.6 Å². The van der Waals surface area contributed by atoms with Gasteiger partial charge in [0.1, 0.15) is 34.0 Å². The maximum absolute atomic E-state index is 13.6. The monoisotopic (exact) mass is 707 g/mol. The van der Waals surface area contributed by atoms with Crippen LogP contribution >= 0.6 is 32.4 Å². The highest BCUT2D eigenvalue weighted by atomic mass is 35.5. The molecule has 0 radical (unpaired) electrons. The van der Waals surface area contributed by atoms with Gasteiger partial charge in [-0.05, 0) is 53.5 Å². The van der Waals surface area contributed by atoms with Gasteiger partial charge in [0, 0.05) is 11.3 Å². The van der Waals surface area contributed by atoms with Crippen LogP contribution in [0.4, 0.5) is 9.93 Å². The molecule has 5 atom stereocenters. The molecule has 0 saturated carbocycles. The minimum atomic E-state index is -1.74. The Labute approximate surface area is 273 Å². The third kappa shape index (κ3) is 8.99. The zero-order valence-electron chi connectivity index (χ0n) is 25.6.